The number of carbonyl (C=O) groups excluding carboxylic acids is 1. The van der Waals surface area contributed by atoms with Gasteiger partial charge >= 0.3 is 5.97 Å². The summed E-state index contributed by atoms with van der Waals surface area (Å²) in [7, 11) is -3.84. The number of anilines is 1. The first-order valence-electron chi connectivity index (χ1n) is 11.0. The fraction of sp³-hybridized carbons (Fsp3) is 0.231. The SMILES string of the molecule is CCc1cc(-c2cccc(NS(=O)(=O)c3cc(C)c(Cl)cc3C)c2)ccc1C(=O)NC(C)C(=O)O. The molecule has 3 N–H and O–H groups in total. The second-order valence-corrected chi connectivity index (χ2v) is 10.4. The van der Waals surface area contributed by atoms with Crippen molar-refractivity contribution < 1.29 is 23.1 Å². The summed E-state index contributed by atoms with van der Waals surface area (Å²) in [5.74, 6) is -1.57. The van der Waals surface area contributed by atoms with Crippen LogP contribution in [0.2, 0.25) is 5.02 Å². The number of halogens is 1. The zero-order valence-corrected chi connectivity index (χ0v) is 21.4. The minimum absolute atomic E-state index is 0.157. The summed E-state index contributed by atoms with van der Waals surface area (Å²) in [6.07, 6.45) is 0.555. The van der Waals surface area contributed by atoms with E-state index in [1.54, 1.807) is 56.3 Å². The molecule has 1 amide bonds. The molecule has 7 nitrogen and oxygen atoms in total. The van der Waals surface area contributed by atoms with Crippen LogP contribution in [0.5, 0.6) is 0 Å². The highest BCUT2D eigenvalue weighted by Crippen LogP contribution is 2.29. The highest BCUT2D eigenvalue weighted by Gasteiger charge is 2.20. The van der Waals surface area contributed by atoms with Crippen molar-refractivity contribution >= 4 is 39.2 Å². The molecular formula is C26H27ClN2O5S. The number of carbonyl (C=O) groups is 2. The van der Waals surface area contributed by atoms with Crippen LogP contribution in [-0.4, -0.2) is 31.4 Å². The smallest absolute Gasteiger partial charge is 0.325 e. The number of carboxylic acids is 1. The third-order valence-electron chi connectivity index (χ3n) is 5.64. The second kappa shape index (κ2) is 10.5. The average molecular weight is 515 g/mol. The Labute approximate surface area is 210 Å². The van der Waals surface area contributed by atoms with Crippen LogP contribution < -0.4 is 10.0 Å². The van der Waals surface area contributed by atoms with Gasteiger partial charge in [-0.3, -0.25) is 14.3 Å². The van der Waals surface area contributed by atoms with Gasteiger partial charge in [-0.05, 0) is 85.3 Å². The molecule has 3 aromatic carbocycles. The molecule has 1 atom stereocenters. The number of nitrogens with one attached hydrogen (secondary N) is 2. The molecule has 184 valence electrons. The third kappa shape index (κ3) is 6.01. The molecule has 9 heteroatoms. The van der Waals surface area contributed by atoms with Crippen LogP contribution in [0.25, 0.3) is 11.1 Å². The van der Waals surface area contributed by atoms with Crippen LogP contribution >= 0.6 is 11.6 Å². The molecule has 0 aliphatic rings. The molecule has 0 aliphatic carbocycles. The van der Waals surface area contributed by atoms with Crippen LogP contribution in [0.3, 0.4) is 0 Å². The standard InChI is InChI=1S/C26H27ClN2O5S/c1-5-18-13-20(9-10-22(18)25(30)28-17(4)26(31)32)19-7-6-8-21(14-19)29-35(33,34)24-12-15(2)23(27)11-16(24)3/h6-14,17,29H,5H2,1-4H3,(H,28,30)(H,31,32). The number of carboxylic acid groups (broad SMARTS) is 1. The van der Waals surface area contributed by atoms with E-state index in [9.17, 15) is 18.0 Å². The summed E-state index contributed by atoms with van der Waals surface area (Å²) in [5, 5.41) is 12.0. The van der Waals surface area contributed by atoms with Gasteiger partial charge in [-0.2, -0.15) is 0 Å². The molecule has 0 aliphatic heterocycles. The lowest BCUT2D eigenvalue weighted by molar-refractivity contribution is -0.138. The normalized spacial score (nSPS) is 12.1. The maximum atomic E-state index is 13.0. The molecule has 0 radical (unpaired) electrons. The Morgan fingerprint density at radius 2 is 1.69 bits per heavy atom. The summed E-state index contributed by atoms with van der Waals surface area (Å²) in [6.45, 7) is 6.74. The van der Waals surface area contributed by atoms with Crippen molar-refractivity contribution in [1.82, 2.24) is 5.32 Å². The highest BCUT2D eigenvalue weighted by molar-refractivity contribution is 7.92. The van der Waals surface area contributed by atoms with Crippen molar-refractivity contribution in [3.05, 3.63) is 81.9 Å². The molecular weight excluding hydrogens is 488 g/mol. The van der Waals surface area contributed by atoms with Gasteiger partial charge < -0.3 is 10.4 Å². The van der Waals surface area contributed by atoms with E-state index in [1.807, 2.05) is 19.1 Å². The van der Waals surface area contributed by atoms with E-state index >= 15 is 0 Å². The van der Waals surface area contributed by atoms with Crippen LogP contribution in [-0.2, 0) is 21.2 Å². The number of sulfonamides is 1. The van der Waals surface area contributed by atoms with Crippen LogP contribution in [0, 0.1) is 13.8 Å². The van der Waals surface area contributed by atoms with Crippen molar-refractivity contribution in [2.45, 2.75) is 45.1 Å². The van der Waals surface area contributed by atoms with Gasteiger partial charge in [-0.25, -0.2) is 8.42 Å². The maximum Gasteiger partial charge on any atom is 0.325 e. The van der Waals surface area contributed by atoms with Crippen molar-refractivity contribution in [2.24, 2.45) is 0 Å². The minimum Gasteiger partial charge on any atom is -0.480 e. The molecule has 3 rings (SSSR count). The zero-order valence-electron chi connectivity index (χ0n) is 19.8. The second-order valence-electron chi connectivity index (χ2n) is 8.31. The van der Waals surface area contributed by atoms with Gasteiger partial charge in [-0.15, -0.1) is 0 Å². The number of aryl methyl sites for hydroxylation is 3. The fourth-order valence-corrected chi connectivity index (χ4v) is 5.22. The molecule has 0 aromatic heterocycles. The molecule has 3 aromatic rings. The van der Waals surface area contributed by atoms with Crippen molar-refractivity contribution in [2.75, 3.05) is 4.72 Å². The number of hydrogen-bond donors (Lipinski definition) is 3. The number of amides is 1. The number of aliphatic carboxylic acids is 1. The van der Waals surface area contributed by atoms with Gasteiger partial charge in [0.25, 0.3) is 15.9 Å². The van der Waals surface area contributed by atoms with Gasteiger partial charge in [0.1, 0.15) is 6.04 Å². The molecule has 1 unspecified atom stereocenters. The van der Waals surface area contributed by atoms with E-state index in [1.165, 1.54) is 6.92 Å². The summed E-state index contributed by atoms with van der Waals surface area (Å²) in [6, 6.07) is 14.4. The molecule has 35 heavy (non-hydrogen) atoms. The number of rotatable bonds is 8. The maximum absolute atomic E-state index is 13.0. The average Bonchev–Trinajstić information content (AvgIpc) is 2.80. The molecule has 0 saturated heterocycles. The Hall–Kier alpha value is -3.36. The summed E-state index contributed by atoms with van der Waals surface area (Å²) in [5.41, 5.74) is 4.30. The Morgan fingerprint density at radius 1 is 1.00 bits per heavy atom. The fourth-order valence-electron chi connectivity index (χ4n) is 3.64. The molecule has 0 bridgehead atoms. The van der Waals surface area contributed by atoms with E-state index in [2.05, 4.69) is 10.0 Å². The van der Waals surface area contributed by atoms with E-state index in [4.69, 9.17) is 16.7 Å². The van der Waals surface area contributed by atoms with Crippen LogP contribution in [0.1, 0.15) is 40.9 Å². The lowest BCUT2D eigenvalue weighted by Gasteiger charge is -2.15. The Morgan fingerprint density at radius 3 is 2.34 bits per heavy atom. The summed E-state index contributed by atoms with van der Waals surface area (Å²) < 4.78 is 28.7. The van der Waals surface area contributed by atoms with E-state index in [-0.39, 0.29) is 4.90 Å². The predicted octanol–water partition coefficient (Wildman–Crippen LogP) is 5.19. The quantitative estimate of drug-likeness (QED) is 0.383. The Balaban J connectivity index is 1.90. The highest BCUT2D eigenvalue weighted by atomic mass is 35.5. The van der Waals surface area contributed by atoms with Gasteiger partial charge in [-0.1, -0.05) is 42.8 Å². The van der Waals surface area contributed by atoms with Crippen molar-refractivity contribution in [3.63, 3.8) is 0 Å². The molecule has 0 spiro atoms. The first kappa shape index (κ1) is 26.2. The predicted molar refractivity (Wildman–Crippen MR) is 138 cm³/mol. The lowest BCUT2D eigenvalue weighted by atomic mass is 9.97. The lowest BCUT2D eigenvalue weighted by Crippen LogP contribution is -2.38. The monoisotopic (exact) mass is 514 g/mol. The summed E-state index contributed by atoms with van der Waals surface area (Å²) >= 11 is 6.11. The van der Waals surface area contributed by atoms with Gasteiger partial charge in [0.2, 0.25) is 0 Å². The van der Waals surface area contributed by atoms with E-state index < -0.39 is 27.9 Å². The zero-order chi connectivity index (χ0) is 25.9. The topological polar surface area (TPSA) is 113 Å². The first-order valence-corrected chi connectivity index (χ1v) is 12.9. The minimum atomic E-state index is -3.84. The van der Waals surface area contributed by atoms with Gasteiger partial charge in [0.05, 0.1) is 4.90 Å². The number of hydrogen-bond acceptors (Lipinski definition) is 4. The first-order chi connectivity index (χ1) is 16.4. The van der Waals surface area contributed by atoms with Gasteiger partial charge in [0, 0.05) is 16.3 Å². The van der Waals surface area contributed by atoms with Crippen molar-refractivity contribution in [3.8, 4) is 11.1 Å². The number of benzene rings is 3. The van der Waals surface area contributed by atoms with Crippen molar-refractivity contribution in [1.29, 1.82) is 0 Å². The van der Waals surface area contributed by atoms with Crippen LogP contribution in [0.15, 0.2) is 59.5 Å². The Kier molecular flexibility index (Phi) is 7.87. The Bertz CT molecular complexity index is 1400. The van der Waals surface area contributed by atoms with Gasteiger partial charge in [0.15, 0.2) is 0 Å². The summed E-state index contributed by atoms with van der Waals surface area (Å²) in [4.78, 5) is 23.8. The molecule has 0 fully saturated rings. The third-order valence-corrected chi connectivity index (χ3v) is 7.57. The van der Waals surface area contributed by atoms with Crippen LogP contribution in [0.4, 0.5) is 5.69 Å². The van der Waals surface area contributed by atoms with E-state index in [0.29, 0.717) is 33.8 Å². The van der Waals surface area contributed by atoms with E-state index in [0.717, 1.165) is 16.7 Å². The largest absolute Gasteiger partial charge is 0.480 e. The molecule has 0 saturated carbocycles. The molecule has 0 heterocycles.